The van der Waals surface area contributed by atoms with E-state index in [9.17, 15) is 24.3 Å². The average Bonchev–Trinajstić information content (AvgIpc) is 3.79. The summed E-state index contributed by atoms with van der Waals surface area (Å²) in [6.45, 7) is 16.6. The van der Waals surface area contributed by atoms with E-state index in [1.807, 2.05) is 36.4 Å². The highest BCUT2D eigenvalue weighted by molar-refractivity contribution is 5.95. The summed E-state index contributed by atoms with van der Waals surface area (Å²) < 4.78 is 31.6. The number of carbonyl (C=O) groups excluding carboxylic acids is 4. The van der Waals surface area contributed by atoms with Crippen molar-refractivity contribution in [1.82, 2.24) is 10.6 Å². The van der Waals surface area contributed by atoms with Gasteiger partial charge in [0.2, 0.25) is 5.91 Å². The maximum absolute atomic E-state index is 14.1. The van der Waals surface area contributed by atoms with E-state index < -0.39 is 53.6 Å². The zero-order valence-electron chi connectivity index (χ0n) is 42.7. The summed E-state index contributed by atoms with van der Waals surface area (Å²) in [5.74, 6) is -1.26. The van der Waals surface area contributed by atoms with Gasteiger partial charge in [-0.2, -0.15) is 0 Å². The van der Waals surface area contributed by atoms with E-state index in [0.29, 0.717) is 58.5 Å². The van der Waals surface area contributed by atoms with Crippen molar-refractivity contribution >= 4 is 29.8 Å². The molecule has 2 aromatic rings. The van der Waals surface area contributed by atoms with Crippen LogP contribution in [-0.4, -0.2) is 82.9 Å². The van der Waals surface area contributed by atoms with Gasteiger partial charge in [-0.05, 0) is 138 Å². The maximum atomic E-state index is 14.1. The Balaban J connectivity index is 1.03. The van der Waals surface area contributed by atoms with Gasteiger partial charge in [-0.3, -0.25) is 14.4 Å². The van der Waals surface area contributed by atoms with Crippen LogP contribution >= 0.6 is 0 Å². The molecule has 0 spiro atoms. The second kappa shape index (κ2) is 22.4. The van der Waals surface area contributed by atoms with Crippen LogP contribution in [0, 0.1) is 17.3 Å². The number of allylic oxidation sites excluding steroid dienone is 1. The molecule has 5 aliphatic rings. The van der Waals surface area contributed by atoms with Gasteiger partial charge >= 0.3 is 11.9 Å². The highest BCUT2D eigenvalue weighted by Crippen LogP contribution is 2.60. The van der Waals surface area contributed by atoms with Crippen molar-refractivity contribution in [2.45, 2.75) is 212 Å². The molecular formula is C57H80N2O10. The number of rotatable bonds is 20. The number of fused-ring (bicyclic) bond motifs is 3. The van der Waals surface area contributed by atoms with E-state index in [0.717, 1.165) is 63.4 Å². The first-order chi connectivity index (χ1) is 32.8. The van der Waals surface area contributed by atoms with Crippen molar-refractivity contribution in [3.05, 3.63) is 88.0 Å². The minimum atomic E-state index is -0.845. The van der Waals surface area contributed by atoms with Crippen molar-refractivity contribution in [1.29, 1.82) is 0 Å². The maximum Gasteiger partial charge on any atom is 0.338 e. The quantitative estimate of drug-likeness (QED) is 0.0662. The molecule has 3 N–H and O–H groups in total. The van der Waals surface area contributed by atoms with Crippen LogP contribution in [-0.2, 0) is 39.8 Å². The molecule has 3 aliphatic carbocycles. The van der Waals surface area contributed by atoms with Crippen LogP contribution in [0.25, 0.3) is 6.08 Å². The Bertz CT molecular complexity index is 2180. The molecule has 2 saturated carbocycles. The van der Waals surface area contributed by atoms with Crippen LogP contribution in [0.2, 0.25) is 0 Å². The molecule has 8 atom stereocenters. The van der Waals surface area contributed by atoms with E-state index in [4.69, 9.17) is 23.7 Å². The van der Waals surface area contributed by atoms with Crippen LogP contribution in [0.3, 0.4) is 0 Å². The van der Waals surface area contributed by atoms with Crippen molar-refractivity contribution in [3.8, 4) is 0 Å². The van der Waals surface area contributed by atoms with Gasteiger partial charge in [-0.25, -0.2) is 4.79 Å². The zero-order valence-corrected chi connectivity index (χ0v) is 42.7. The van der Waals surface area contributed by atoms with Crippen LogP contribution in [0.4, 0.5) is 0 Å². The Hall–Kier alpha value is -4.36. The third-order valence-corrected chi connectivity index (χ3v) is 15.3. The first-order valence-corrected chi connectivity index (χ1v) is 26.1. The summed E-state index contributed by atoms with van der Waals surface area (Å²) >= 11 is 0. The molecule has 12 nitrogen and oxygen atoms in total. The molecule has 0 radical (unpaired) electrons. The molecule has 0 bridgehead atoms. The first-order valence-electron chi connectivity index (χ1n) is 26.1. The molecule has 2 aromatic carbocycles. The lowest BCUT2D eigenvalue weighted by atomic mass is 9.52. The fourth-order valence-electron chi connectivity index (χ4n) is 11.2. The van der Waals surface area contributed by atoms with Crippen molar-refractivity contribution in [2.75, 3.05) is 6.61 Å². The molecular weight excluding hydrogens is 873 g/mol. The summed E-state index contributed by atoms with van der Waals surface area (Å²) in [4.78, 5) is 53.7. The van der Waals surface area contributed by atoms with Crippen molar-refractivity contribution in [3.63, 3.8) is 0 Å². The van der Waals surface area contributed by atoms with Crippen LogP contribution in [0.15, 0.2) is 65.8 Å². The Kier molecular flexibility index (Phi) is 17.0. The van der Waals surface area contributed by atoms with Crippen molar-refractivity contribution < 1.29 is 48.0 Å². The summed E-state index contributed by atoms with van der Waals surface area (Å²) in [5, 5.41) is 15.8. The first kappa shape index (κ1) is 52.5. The van der Waals surface area contributed by atoms with E-state index >= 15 is 0 Å². The second-order valence-electron chi connectivity index (χ2n) is 22.4. The predicted octanol–water partition coefficient (Wildman–Crippen LogP) is 10.5. The molecule has 4 fully saturated rings. The number of amides is 2. The predicted molar refractivity (Wildman–Crippen MR) is 266 cm³/mol. The molecule has 378 valence electrons. The van der Waals surface area contributed by atoms with E-state index in [2.05, 4.69) is 51.3 Å². The monoisotopic (exact) mass is 953 g/mol. The summed E-state index contributed by atoms with van der Waals surface area (Å²) in [6, 6.07) is 13.9. The highest BCUT2D eigenvalue weighted by atomic mass is 16.8. The Morgan fingerprint density at radius 2 is 1.62 bits per heavy atom. The lowest BCUT2D eigenvalue weighted by Crippen LogP contribution is -2.45. The molecule has 1 unspecified atom stereocenters. The molecule has 2 aliphatic heterocycles. The van der Waals surface area contributed by atoms with Gasteiger partial charge in [-0.15, -0.1) is 0 Å². The third-order valence-electron chi connectivity index (χ3n) is 15.3. The summed E-state index contributed by atoms with van der Waals surface area (Å²) in [6.07, 6.45) is 16.0. The summed E-state index contributed by atoms with van der Waals surface area (Å²) in [7, 11) is 0. The third kappa shape index (κ3) is 13.5. The molecule has 2 heterocycles. The SMILES string of the molecule is CCCCCC1(CCCCC)O[C@@H]2[C@@H](C=C(C(=O)NCc3cccc(C(=O)N[C@H](CO)CCC(=O)OC(C)(C)C)c3)C[C@H]2OC(=O)c2ccc(C=C3CCC4O[C@]4(C)CC[C@@H]4[C@@H]3CC4(C)C)cc2)O1. The molecule has 12 heteroatoms. The Morgan fingerprint density at radius 1 is 0.899 bits per heavy atom. The Labute approximate surface area is 411 Å². The lowest BCUT2D eigenvalue weighted by molar-refractivity contribution is -0.190. The number of aliphatic hydroxyl groups is 1. The fourth-order valence-corrected chi connectivity index (χ4v) is 11.2. The second-order valence-corrected chi connectivity index (χ2v) is 22.4. The summed E-state index contributed by atoms with van der Waals surface area (Å²) in [5.41, 5.74) is 4.18. The van der Waals surface area contributed by atoms with Gasteiger partial charge in [0.15, 0.2) is 5.79 Å². The number of epoxide rings is 1. The lowest BCUT2D eigenvalue weighted by Gasteiger charge is -2.53. The molecule has 7 rings (SSSR count). The smallest absolute Gasteiger partial charge is 0.338 e. The molecule has 2 saturated heterocycles. The van der Waals surface area contributed by atoms with Gasteiger partial charge in [0, 0.05) is 43.4 Å². The number of unbranched alkanes of at least 4 members (excludes halogenated alkanes) is 4. The minimum absolute atomic E-state index is 0.0303. The molecule has 2 amide bonds. The van der Waals surface area contributed by atoms with Crippen LogP contribution < -0.4 is 10.6 Å². The Morgan fingerprint density at radius 3 is 2.29 bits per heavy atom. The highest BCUT2D eigenvalue weighted by Gasteiger charge is 2.56. The number of esters is 2. The number of benzene rings is 2. The normalized spacial score (nSPS) is 27.7. The standard InChI is InChI=1S/C57H80N2O10/c1-9-11-13-27-57(28-14-12-10-2)66-47-33-42(51(62)58-35-38-16-15-17-41(31-38)52(63)59-43(36-60)23-25-49(61)68-54(3,4)5)32-46(50(47)69-57)65-53(64)39-20-18-37(19-21-39)30-40-22-24-48-56(8,67-48)29-26-45-44(40)34-55(45,6)7/h15-21,30-31,33,43-48,50,60H,9-14,22-29,32,34-36H2,1-8H3,(H,58,62)(H,59,63)/t43-,44+,45+,46+,47+,48?,50-,56+/m0/s1. The van der Waals surface area contributed by atoms with E-state index in [1.165, 1.54) is 18.4 Å². The number of hydrogen-bond donors (Lipinski definition) is 3. The van der Waals surface area contributed by atoms with Gasteiger partial charge in [0.25, 0.3) is 5.91 Å². The zero-order chi connectivity index (χ0) is 49.6. The fraction of sp³-hybridized carbons (Fsp3) is 0.649. The largest absolute Gasteiger partial charge is 0.460 e. The minimum Gasteiger partial charge on any atom is -0.460 e. The van der Waals surface area contributed by atoms with Crippen LogP contribution in [0.1, 0.15) is 190 Å². The number of ether oxygens (including phenoxy) is 5. The number of hydrogen-bond acceptors (Lipinski definition) is 10. The topological polar surface area (TPSA) is 162 Å². The van der Waals surface area contributed by atoms with Gasteiger partial charge in [-0.1, -0.05) is 89.3 Å². The van der Waals surface area contributed by atoms with E-state index in [-0.39, 0.29) is 43.9 Å². The van der Waals surface area contributed by atoms with E-state index in [1.54, 1.807) is 39.0 Å². The average molecular weight is 953 g/mol. The number of carbonyl (C=O) groups is 4. The number of nitrogens with one attached hydrogen (secondary N) is 2. The van der Waals surface area contributed by atoms with Gasteiger partial charge in [0.05, 0.1) is 29.9 Å². The molecule has 69 heavy (non-hydrogen) atoms. The molecule has 0 aromatic heterocycles. The van der Waals surface area contributed by atoms with Crippen LogP contribution in [0.5, 0.6) is 0 Å². The van der Waals surface area contributed by atoms with Gasteiger partial charge in [0.1, 0.15) is 23.9 Å². The number of aliphatic hydroxyl groups excluding tert-OH is 1. The van der Waals surface area contributed by atoms with Gasteiger partial charge < -0.3 is 39.4 Å². The van der Waals surface area contributed by atoms with Crippen molar-refractivity contribution in [2.24, 2.45) is 17.3 Å².